The summed E-state index contributed by atoms with van der Waals surface area (Å²) < 4.78 is 12.0. The number of hydrogen-bond acceptors (Lipinski definition) is 4. The number of amides is 1. The van der Waals surface area contributed by atoms with E-state index in [0.29, 0.717) is 26.1 Å². The Hall–Kier alpha value is -1.41. The number of nitrogens with two attached hydrogens (primary N) is 1. The lowest BCUT2D eigenvalue weighted by Gasteiger charge is -2.07. The number of fused-ring (bicyclic) bond motifs is 1. The van der Waals surface area contributed by atoms with Crippen LogP contribution in [0.3, 0.4) is 0 Å². The first-order valence-electron chi connectivity index (χ1n) is 9.58. The average molecular weight is 440 g/mol. The second-order valence-electron chi connectivity index (χ2n) is 6.46. The molecule has 0 aliphatic rings. The van der Waals surface area contributed by atoms with E-state index in [9.17, 15) is 4.79 Å². The summed E-state index contributed by atoms with van der Waals surface area (Å²) in [6.07, 6.45) is 6.01. The molecule has 0 saturated heterocycles. The smallest absolute Gasteiger partial charge is 0.224 e. The Labute approximate surface area is 169 Å². The first-order chi connectivity index (χ1) is 13.2. The van der Waals surface area contributed by atoms with Crippen molar-refractivity contribution in [3.05, 3.63) is 34.4 Å². The molecular formula is C20H30BrN3O3. The Morgan fingerprint density at radius 1 is 1.07 bits per heavy atom. The molecule has 2 rings (SSSR count). The summed E-state index contributed by atoms with van der Waals surface area (Å²) in [5.74, 6) is 0.0329. The Morgan fingerprint density at radius 2 is 1.78 bits per heavy atom. The number of nitrogens with one attached hydrogen (secondary N) is 2. The maximum atomic E-state index is 12.1. The van der Waals surface area contributed by atoms with E-state index in [0.717, 1.165) is 66.4 Å². The fraction of sp³-hybridized carbons (Fsp3) is 0.550. The number of aromatic amines is 1. The number of hydrogen-bond donors (Lipinski definition) is 3. The summed E-state index contributed by atoms with van der Waals surface area (Å²) in [5.41, 5.74) is 7.45. The van der Waals surface area contributed by atoms with Crippen molar-refractivity contribution in [1.29, 1.82) is 0 Å². The Balaban J connectivity index is 1.49. The number of H-pyrrole nitrogens is 1. The third kappa shape index (κ3) is 8.43. The van der Waals surface area contributed by atoms with Crippen molar-refractivity contribution in [2.75, 3.05) is 39.5 Å². The van der Waals surface area contributed by atoms with Crippen LogP contribution >= 0.6 is 15.9 Å². The maximum absolute atomic E-state index is 12.1. The molecule has 150 valence electrons. The number of carbonyl (C=O) groups is 1. The fourth-order valence-electron chi connectivity index (χ4n) is 2.73. The lowest BCUT2D eigenvalue weighted by atomic mass is 10.1. The van der Waals surface area contributed by atoms with E-state index in [1.807, 2.05) is 24.4 Å². The number of rotatable bonds is 14. The minimum Gasteiger partial charge on any atom is -0.381 e. The summed E-state index contributed by atoms with van der Waals surface area (Å²) in [7, 11) is 0. The molecule has 0 atom stereocenters. The molecule has 2 aromatic rings. The molecule has 27 heavy (non-hydrogen) atoms. The SMILES string of the molecule is NCCCOCCCCOCCCNC(=O)Cc1c[nH]c2ccc(Br)cc12. The van der Waals surface area contributed by atoms with Crippen molar-refractivity contribution < 1.29 is 14.3 Å². The van der Waals surface area contributed by atoms with Crippen LogP contribution in [0, 0.1) is 0 Å². The van der Waals surface area contributed by atoms with Crippen molar-refractivity contribution in [3.63, 3.8) is 0 Å². The van der Waals surface area contributed by atoms with E-state index in [4.69, 9.17) is 15.2 Å². The Morgan fingerprint density at radius 3 is 2.52 bits per heavy atom. The van der Waals surface area contributed by atoms with Crippen LogP contribution in [-0.4, -0.2) is 50.4 Å². The van der Waals surface area contributed by atoms with Crippen LogP contribution in [0.4, 0.5) is 0 Å². The molecule has 0 aliphatic heterocycles. The number of aromatic nitrogens is 1. The van der Waals surface area contributed by atoms with Gasteiger partial charge in [-0.2, -0.15) is 0 Å². The fourth-order valence-corrected chi connectivity index (χ4v) is 3.09. The average Bonchev–Trinajstić information content (AvgIpc) is 3.04. The third-order valence-electron chi connectivity index (χ3n) is 4.19. The summed E-state index contributed by atoms with van der Waals surface area (Å²) in [6, 6.07) is 6.02. The molecule has 0 bridgehead atoms. The number of unbranched alkanes of at least 4 members (excludes halogenated alkanes) is 1. The van der Waals surface area contributed by atoms with Crippen LogP contribution < -0.4 is 11.1 Å². The molecule has 0 aliphatic carbocycles. The van der Waals surface area contributed by atoms with Gasteiger partial charge in [-0.1, -0.05) is 15.9 Å². The normalized spacial score (nSPS) is 11.2. The summed E-state index contributed by atoms with van der Waals surface area (Å²) in [6.45, 7) is 4.22. The highest BCUT2D eigenvalue weighted by Gasteiger charge is 2.08. The van der Waals surface area contributed by atoms with Gasteiger partial charge in [0.1, 0.15) is 0 Å². The maximum Gasteiger partial charge on any atom is 0.224 e. The van der Waals surface area contributed by atoms with Gasteiger partial charge >= 0.3 is 0 Å². The van der Waals surface area contributed by atoms with Crippen LogP contribution in [0.2, 0.25) is 0 Å². The lowest BCUT2D eigenvalue weighted by Crippen LogP contribution is -2.26. The molecule has 1 aromatic carbocycles. The third-order valence-corrected chi connectivity index (χ3v) is 4.68. The summed E-state index contributed by atoms with van der Waals surface area (Å²) >= 11 is 3.47. The quantitative estimate of drug-likeness (QED) is 0.394. The molecular weight excluding hydrogens is 410 g/mol. The number of benzene rings is 1. The molecule has 6 nitrogen and oxygen atoms in total. The first-order valence-corrected chi connectivity index (χ1v) is 10.4. The molecule has 0 radical (unpaired) electrons. The Bertz CT molecular complexity index is 690. The zero-order chi connectivity index (χ0) is 19.3. The highest BCUT2D eigenvalue weighted by molar-refractivity contribution is 9.10. The summed E-state index contributed by atoms with van der Waals surface area (Å²) in [5, 5.41) is 4.03. The van der Waals surface area contributed by atoms with Crippen LogP contribution in [0.25, 0.3) is 10.9 Å². The second-order valence-corrected chi connectivity index (χ2v) is 7.37. The topological polar surface area (TPSA) is 89.4 Å². The molecule has 4 N–H and O–H groups in total. The predicted octanol–water partition coefficient (Wildman–Crippen LogP) is 3.14. The zero-order valence-corrected chi connectivity index (χ0v) is 17.4. The number of carbonyl (C=O) groups excluding carboxylic acids is 1. The van der Waals surface area contributed by atoms with Crippen LogP contribution in [-0.2, 0) is 20.7 Å². The lowest BCUT2D eigenvalue weighted by molar-refractivity contribution is -0.120. The Kier molecular flexibility index (Phi) is 10.4. The van der Waals surface area contributed by atoms with Gasteiger partial charge in [-0.3, -0.25) is 4.79 Å². The van der Waals surface area contributed by atoms with Crippen molar-refractivity contribution in [3.8, 4) is 0 Å². The molecule has 1 aromatic heterocycles. The molecule has 0 saturated carbocycles. The molecule has 0 fully saturated rings. The molecule has 0 spiro atoms. The molecule has 0 unspecified atom stereocenters. The van der Waals surface area contributed by atoms with Crippen LogP contribution in [0.5, 0.6) is 0 Å². The van der Waals surface area contributed by atoms with E-state index in [2.05, 4.69) is 26.2 Å². The van der Waals surface area contributed by atoms with E-state index >= 15 is 0 Å². The first kappa shape index (κ1) is 21.9. The minimum atomic E-state index is 0.0329. The van der Waals surface area contributed by atoms with Gasteiger partial charge in [0.2, 0.25) is 5.91 Å². The monoisotopic (exact) mass is 439 g/mol. The summed E-state index contributed by atoms with van der Waals surface area (Å²) in [4.78, 5) is 15.3. The van der Waals surface area contributed by atoms with Gasteiger partial charge in [0.25, 0.3) is 0 Å². The van der Waals surface area contributed by atoms with Gasteiger partial charge in [-0.25, -0.2) is 0 Å². The highest BCUT2D eigenvalue weighted by atomic mass is 79.9. The largest absolute Gasteiger partial charge is 0.381 e. The predicted molar refractivity (Wildman–Crippen MR) is 112 cm³/mol. The molecule has 1 amide bonds. The van der Waals surface area contributed by atoms with Crippen molar-refractivity contribution >= 4 is 32.7 Å². The number of ether oxygens (including phenoxy) is 2. The van der Waals surface area contributed by atoms with Crippen molar-refractivity contribution in [1.82, 2.24) is 10.3 Å². The minimum absolute atomic E-state index is 0.0329. The van der Waals surface area contributed by atoms with E-state index in [1.54, 1.807) is 0 Å². The van der Waals surface area contributed by atoms with Gasteiger partial charge in [0.15, 0.2) is 0 Å². The molecule has 1 heterocycles. The number of halogens is 1. The van der Waals surface area contributed by atoms with Crippen molar-refractivity contribution in [2.24, 2.45) is 5.73 Å². The zero-order valence-electron chi connectivity index (χ0n) is 15.8. The standard InChI is InChI=1S/C20H30BrN3O3/c21-17-5-6-19-18(14-17)16(15-24-19)13-20(25)23-8-4-12-27-10-2-1-9-26-11-3-7-22/h5-6,14-15,24H,1-4,7-13,22H2,(H,23,25). The van der Waals surface area contributed by atoms with E-state index in [1.165, 1.54) is 0 Å². The molecule has 7 heteroatoms. The van der Waals surface area contributed by atoms with Gasteiger partial charge in [-0.15, -0.1) is 0 Å². The second kappa shape index (κ2) is 12.9. The van der Waals surface area contributed by atoms with Gasteiger partial charge in [0.05, 0.1) is 6.42 Å². The van der Waals surface area contributed by atoms with Crippen molar-refractivity contribution in [2.45, 2.75) is 32.1 Å². The van der Waals surface area contributed by atoms with Crippen LogP contribution in [0.15, 0.2) is 28.9 Å². The van der Waals surface area contributed by atoms with Crippen LogP contribution in [0.1, 0.15) is 31.2 Å². The van der Waals surface area contributed by atoms with Gasteiger partial charge < -0.3 is 25.5 Å². The van der Waals surface area contributed by atoms with Gasteiger partial charge in [0, 0.05) is 54.5 Å². The van der Waals surface area contributed by atoms with E-state index in [-0.39, 0.29) is 5.91 Å². The van der Waals surface area contributed by atoms with E-state index < -0.39 is 0 Å². The highest BCUT2D eigenvalue weighted by Crippen LogP contribution is 2.22. The van der Waals surface area contributed by atoms with Gasteiger partial charge in [-0.05, 0) is 56.0 Å².